The van der Waals surface area contributed by atoms with Crippen molar-refractivity contribution in [2.45, 2.75) is 13.8 Å². The lowest BCUT2D eigenvalue weighted by molar-refractivity contribution is 1.31. The molecule has 1 heterocycles. The molecular formula is C26H21N3S. The van der Waals surface area contributed by atoms with Gasteiger partial charge in [-0.25, -0.2) is 9.98 Å². The molecule has 1 N–H and O–H groups in total. The number of aryl methyl sites for hydroxylation is 2. The van der Waals surface area contributed by atoms with Crippen LogP contribution in [0.15, 0.2) is 89.9 Å². The van der Waals surface area contributed by atoms with Crippen LogP contribution in [-0.4, -0.2) is 4.98 Å². The van der Waals surface area contributed by atoms with Crippen molar-refractivity contribution in [1.29, 1.82) is 0 Å². The van der Waals surface area contributed by atoms with Gasteiger partial charge in [-0.15, -0.1) is 11.3 Å². The van der Waals surface area contributed by atoms with Gasteiger partial charge in [0.15, 0.2) is 0 Å². The summed E-state index contributed by atoms with van der Waals surface area (Å²) in [6.07, 6.45) is 0. The van der Waals surface area contributed by atoms with E-state index in [4.69, 9.17) is 9.98 Å². The van der Waals surface area contributed by atoms with Crippen LogP contribution in [0.25, 0.3) is 20.8 Å². The van der Waals surface area contributed by atoms with Gasteiger partial charge in [-0.1, -0.05) is 35.4 Å². The summed E-state index contributed by atoms with van der Waals surface area (Å²) in [7, 11) is 0. The molecule has 0 unspecified atom stereocenters. The fraction of sp³-hybridized carbons (Fsp3) is 0.0769. The van der Waals surface area contributed by atoms with Crippen LogP contribution < -0.4 is 10.7 Å². The van der Waals surface area contributed by atoms with Crippen molar-refractivity contribution < 1.29 is 0 Å². The molecule has 0 spiro atoms. The number of rotatable bonds is 3. The van der Waals surface area contributed by atoms with E-state index in [9.17, 15) is 0 Å². The number of nitrogens with one attached hydrogen (secondary N) is 1. The molecule has 1 aliphatic carbocycles. The second-order valence-corrected chi connectivity index (χ2v) is 8.57. The van der Waals surface area contributed by atoms with E-state index >= 15 is 0 Å². The highest BCUT2D eigenvalue weighted by atomic mass is 32.1. The van der Waals surface area contributed by atoms with Crippen LogP contribution in [0.2, 0.25) is 0 Å². The largest absolute Gasteiger partial charge is 0.355 e. The monoisotopic (exact) mass is 407 g/mol. The van der Waals surface area contributed by atoms with Gasteiger partial charge >= 0.3 is 0 Å². The third-order valence-corrected chi connectivity index (χ3v) is 6.09. The quantitative estimate of drug-likeness (QED) is 0.327. The maximum absolute atomic E-state index is 4.84. The molecule has 1 aliphatic heterocycles. The van der Waals surface area contributed by atoms with E-state index in [1.54, 1.807) is 11.3 Å². The van der Waals surface area contributed by atoms with E-state index in [0.717, 1.165) is 43.2 Å². The standard InChI is InChI=1S/C26H21N3S/c1-17-3-7-19(8-4-17)27-21-11-13-23-25(15-21)30-26-16-22(12-14-24(26)29-23)28-20-9-5-18(2)6-10-20/h3-16,27H,1-2H3. The Labute approximate surface area is 179 Å². The molecule has 0 radical (unpaired) electrons. The highest BCUT2D eigenvalue weighted by Crippen LogP contribution is 2.32. The minimum Gasteiger partial charge on any atom is -0.355 e. The highest BCUT2D eigenvalue weighted by molar-refractivity contribution is 7.21. The predicted octanol–water partition coefficient (Wildman–Crippen LogP) is 6.99. The fourth-order valence-corrected chi connectivity index (χ4v) is 4.37. The molecule has 3 nitrogen and oxygen atoms in total. The number of fused-ring (bicyclic) bond motifs is 2. The van der Waals surface area contributed by atoms with Crippen molar-refractivity contribution in [3.63, 3.8) is 0 Å². The molecule has 146 valence electrons. The van der Waals surface area contributed by atoms with E-state index in [2.05, 4.69) is 85.9 Å². The Balaban J connectivity index is 1.53. The number of anilines is 2. The van der Waals surface area contributed by atoms with Gasteiger partial charge in [0.2, 0.25) is 0 Å². The summed E-state index contributed by atoms with van der Waals surface area (Å²) in [5, 5.41) is 4.42. The zero-order valence-corrected chi connectivity index (χ0v) is 17.7. The average Bonchev–Trinajstić information content (AvgIpc) is 2.75. The van der Waals surface area contributed by atoms with Gasteiger partial charge in [0.25, 0.3) is 0 Å². The summed E-state index contributed by atoms with van der Waals surface area (Å²) in [6.45, 7) is 4.18. The third kappa shape index (κ3) is 3.95. The minimum atomic E-state index is 0.942. The summed E-state index contributed by atoms with van der Waals surface area (Å²) in [4.78, 5) is 10.7. The maximum Gasteiger partial charge on any atom is 0.0811 e. The lowest BCUT2D eigenvalue weighted by Crippen LogP contribution is -2.01. The van der Waals surface area contributed by atoms with Crippen LogP contribution in [0.5, 0.6) is 0 Å². The second kappa shape index (κ2) is 7.73. The molecule has 2 aliphatic rings. The molecule has 4 heteroatoms. The summed E-state index contributed by atoms with van der Waals surface area (Å²) in [5.74, 6) is 0. The van der Waals surface area contributed by atoms with Crippen LogP contribution in [0.1, 0.15) is 11.1 Å². The SMILES string of the molecule is Cc1ccc(N=c2ccc3nc4ccc(Nc5ccc(C)cc5)cc4sc-3c2)cc1. The Hall–Kier alpha value is -3.50. The summed E-state index contributed by atoms with van der Waals surface area (Å²) in [5.41, 5.74) is 7.59. The van der Waals surface area contributed by atoms with Crippen LogP contribution in [-0.2, 0) is 0 Å². The molecule has 0 atom stereocenters. The molecule has 0 saturated heterocycles. The van der Waals surface area contributed by atoms with Crippen molar-refractivity contribution in [2.24, 2.45) is 4.99 Å². The number of nitrogens with zero attached hydrogens (tertiary/aromatic N) is 2. The first-order valence-corrected chi connectivity index (χ1v) is 10.7. The van der Waals surface area contributed by atoms with Gasteiger partial charge < -0.3 is 5.32 Å². The molecule has 5 rings (SSSR count). The fourth-order valence-electron chi connectivity index (χ4n) is 3.33. The molecule has 0 saturated carbocycles. The van der Waals surface area contributed by atoms with Gasteiger partial charge in [-0.3, -0.25) is 0 Å². The molecule has 30 heavy (non-hydrogen) atoms. The Morgan fingerprint density at radius 3 is 2.20 bits per heavy atom. The Bertz CT molecular complexity index is 1370. The molecule has 0 bridgehead atoms. The Morgan fingerprint density at radius 2 is 1.43 bits per heavy atom. The number of hydrogen-bond acceptors (Lipinski definition) is 4. The van der Waals surface area contributed by atoms with E-state index in [1.165, 1.54) is 11.1 Å². The molecule has 0 amide bonds. The molecular weight excluding hydrogens is 386 g/mol. The second-order valence-electron chi connectivity index (χ2n) is 7.49. The first-order chi connectivity index (χ1) is 14.6. The van der Waals surface area contributed by atoms with Gasteiger partial charge in [0.1, 0.15) is 0 Å². The third-order valence-electron chi connectivity index (χ3n) is 5.00. The topological polar surface area (TPSA) is 37.3 Å². The van der Waals surface area contributed by atoms with Crippen LogP contribution in [0, 0.1) is 13.8 Å². The number of benzene rings is 4. The van der Waals surface area contributed by atoms with E-state index in [1.807, 2.05) is 18.2 Å². The van der Waals surface area contributed by atoms with Crippen LogP contribution >= 0.6 is 11.3 Å². The first kappa shape index (κ1) is 18.5. The molecule has 0 fully saturated rings. The van der Waals surface area contributed by atoms with Crippen molar-refractivity contribution >= 4 is 38.6 Å². The predicted molar refractivity (Wildman–Crippen MR) is 127 cm³/mol. The van der Waals surface area contributed by atoms with Crippen molar-refractivity contribution in [3.05, 3.63) is 101 Å². The molecule has 0 aromatic heterocycles. The summed E-state index contributed by atoms with van der Waals surface area (Å²) in [6, 6.07) is 29.2. The molecule has 3 aromatic carbocycles. The maximum atomic E-state index is 4.84. The Kier molecular flexibility index (Phi) is 4.77. The zero-order chi connectivity index (χ0) is 20.5. The normalized spacial score (nSPS) is 11.9. The first-order valence-electron chi connectivity index (χ1n) is 9.92. The van der Waals surface area contributed by atoms with E-state index < -0.39 is 0 Å². The average molecular weight is 408 g/mol. The molecule has 3 aromatic rings. The number of hydrogen-bond donors (Lipinski definition) is 1. The van der Waals surface area contributed by atoms with E-state index in [0.29, 0.717) is 0 Å². The summed E-state index contributed by atoms with van der Waals surface area (Å²) < 4.78 is 1.15. The highest BCUT2D eigenvalue weighted by Gasteiger charge is 2.08. The van der Waals surface area contributed by atoms with Crippen LogP contribution in [0.4, 0.5) is 17.1 Å². The van der Waals surface area contributed by atoms with Gasteiger partial charge in [-0.05, 0) is 74.5 Å². The van der Waals surface area contributed by atoms with Crippen LogP contribution in [0.3, 0.4) is 0 Å². The van der Waals surface area contributed by atoms with Gasteiger partial charge in [0.05, 0.1) is 31.8 Å². The zero-order valence-electron chi connectivity index (χ0n) is 16.9. The van der Waals surface area contributed by atoms with Gasteiger partial charge in [0, 0.05) is 11.4 Å². The summed E-state index contributed by atoms with van der Waals surface area (Å²) >= 11 is 1.74. The van der Waals surface area contributed by atoms with E-state index in [-0.39, 0.29) is 0 Å². The smallest absolute Gasteiger partial charge is 0.0811 e. The number of aromatic nitrogens is 1. The van der Waals surface area contributed by atoms with Crippen molar-refractivity contribution in [1.82, 2.24) is 4.98 Å². The Morgan fingerprint density at radius 1 is 0.733 bits per heavy atom. The van der Waals surface area contributed by atoms with Crippen molar-refractivity contribution in [2.75, 3.05) is 5.32 Å². The lowest BCUT2D eigenvalue weighted by atomic mass is 10.2. The van der Waals surface area contributed by atoms with Gasteiger partial charge in [-0.2, -0.15) is 0 Å². The van der Waals surface area contributed by atoms with Crippen molar-refractivity contribution in [3.8, 4) is 10.6 Å². The lowest BCUT2D eigenvalue weighted by Gasteiger charge is -2.10. The minimum absolute atomic E-state index is 0.942.